The van der Waals surface area contributed by atoms with Gasteiger partial charge in [-0.25, -0.2) is 10.2 Å². The van der Waals surface area contributed by atoms with Crippen molar-refractivity contribution in [2.45, 2.75) is 32.2 Å². The summed E-state index contributed by atoms with van der Waals surface area (Å²) in [5.74, 6) is -0.190. The number of hydrogen-bond acceptors (Lipinski definition) is 3. The minimum atomic E-state index is -0.694. The van der Waals surface area contributed by atoms with Crippen molar-refractivity contribution < 1.29 is 9.59 Å². The van der Waals surface area contributed by atoms with Crippen LogP contribution in [0, 0.1) is 0 Å². The van der Waals surface area contributed by atoms with Crippen molar-refractivity contribution in [3.8, 4) is 0 Å². The molecule has 1 aliphatic rings. The van der Waals surface area contributed by atoms with Crippen LogP contribution in [-0.4, -0.2) is 29.5 Å². The second kappa shape index (κ2) is 3.33. The molecule has 0 atom stereocenters. The van der Waals surface area contributed by atoms with Crippen LogP contribution >= 0.6 is 0 Å². The zero-order valence-electron chi connectivity index (χ0n) is 8.18. The molecule has 0 saturated carbocycles. The molecule has 0 radical (unpaired) electrons. The first-order chi connectivity index (χ1) is 6.11. The third kappa shape index (κ3) is 1.29. The smallest absolute Gasteiger partial charge is 0.322 e. The van der Waals surface area contributed by atoms with E-state index in [0.29, 0.717) is 12.8 Å². The fourth-order valence-corrected chi connectivity index (χ4v) is 1.55. The van der Waals surface area contributed by atoms with Crippen LogP contribution in [0.15, 0.2) is 0 Å². The highest BCUT2D eigenvalue weighted by molar-refractivity contribution is 6.06. The lowest BCUT2D eigenvalue weighted by molar-refractivity contribution is -0.133. The van der Waals surface area contributed by atoms with E-state index in [1.807, 2.05) is 13.8 Å². The first-order valence-electron chi connectivity index (χ1n) is 4.45. The number of carbonyl (C=O) groups excluding carboxylic acids is 2. The number of rotatable bonds is 3. The number of urea groups is 1. The van der Waals surface area contributed by atoms with E-state index >= 15 is 0 Å². The molecule has 5 nitrogen and oxygen atoms in total. The number of hydrogen-bond donors (Lipinski definition) is 2. The molecule has 1 aliphatic heterocycles. The second-order valence-electron chi connectivity index (χ2n) is 3.08. The Balaban J connectivity index is 2.94. The number of amides is 3. The highest BCUT2D eigenvalue weighted by Gasteiger charge is 2.48. The molecule has 1 saturated heterocycles. The molecule has 1 rings (SSSR count). The molecule has 0 bridgehead atoms. The third-order valence-corrected chi connectivity index (χ3v) is 2.59. The maximum absolute atomic E-state index is 11.7. The Morgan fingerprint density at radius 1 is 1.38 bits per heavy atom. The molecule has 2 N–H and O–H groups in total. The number of nitrogens with zero attached hydrogens (tertiary/aromatic N) is 1. The highest BCUT2D eigenvalue weighted by Crippen LogP contribution is 2.23. The van der Waals surface area contributed by atoms with Gasteiger partial charge < -0.3 is 5.32 Å². The Morgan fingerprint density at radius 3 is 2.15 bits per heavy atom. The number of imide groups is 1. The quantitative estimate of drug-likeness (QED) is 0.619. The minimum absolute atomic E-state index is 0.190. The predicted molar refractivity (Wildman–Crippen MR) is 47.8 cm³/mol. The largest absolute Gasteiger partial charge is 0.339 e. The van der Waals surface area contributed by atoms with Gasteiger partial charge in [0, 0.05) is 7.05 Å². The monoisotopic (exact) mass is 185 g/mol. The van der Waals surface area contributed by atoms with Gasteiger partial charge in [0.1, 0.15) is 5.54 Å². The molecule has 1 fully saturated rings. The van der Waals surface area contributed by atoms with Gasteiger partial charge in [-0.2, -0.15) is 5.01 Å². The number of nitrogens with one attached hydrogen (secondary N) is 2. The Kier molecular flexibility index (Phi) is 2.56. The van der Waals surface area contributed by atoms with Gasteiger partial charge in [-0.05, 0) is 12.8 Å². The predicted octanol–water partition coefficient (Wildman–Crippen LogP) is 0.231. The summed E-state index contributed by atoms with van der Waals surface area (Å²) in [4.78, 5) is 23.0. The van der Waals surface area contributed by atoms with E-state index in [1.54, 1.807) is 7.05 Å². The van der Waals surface area contributed by atoms with Crippen molar-refractivity contribution in [3.63, 3.8) is 0 Å². The van der Waals surface area contributed by atoms with Crippen LogP contribution in [0.25, 0.3) is 0 Å². The summed E-state index contributed by atoms with van der Waals surface area (Å²) in [7, 11) is 1.55. The van der Waals surface area contributed by atoms with Gasteiger partial charge in [0.25, 0.3) is 5.91 Å². The van der Waals surface area contributed by atoms with Crippen LogP contribution in [0.4, 0.5) is 4.79 Å². The van der Waals surface area contributed by atoms with E-state index in [2.05, 4.69) is 10.7 Å². The molecular formula is C8H15N3O2. The van der Waals surface area contributed by atoms with E-state index in [-0.39, 0.29) is 11.9 Å². The van der Waals surface area contributed by atoms with Crippen LogP contribution in [0.3, 0.4) is 0 Å². The Morgan fingerprint density at radius 2 is 1.92 bits per heavy atom. The van der Waals surface area contributed by atoms with E-state index in [4.69, 9.17) is 0 Å². The minimum Gasteiger partial charge on any atom is -0.322 e. The molecule has 0 aliphatic carbocycles. The average molecular weight is 185 g/mol. The Bertz CT molecular complexity index is 236. The standard InChI is InChI=1S/C8H15N3O2/c1-4-8(5-2)6(12)11(9-3)7(13)10-8/h9H,4-5H2,1-3H3,(H,10,13). The molecule has 0 aromatic rings. The fourth-order valence-electron chi connectivity index (χ4n) is 1.55. The molecule has 5 heteroatoms. The molecule has 1 heterocycles. The Hall–Kier alpha value is -1.10. The zero-order chi connectivity index (χ0) is 10.1. The molecule has 13 heavy (non-hydrogen) atoms. The lowest BCUT2D eigenvalue weighted by Crippen LogP contribution is -2.47. The summed E-state index contributed by atoms with van der Waals surface area (Å²) in [5.41, 5.74) is 1.86. The molecular weight excluding hydrogens is 170 g/mol. The van der Waals surface area contributed by atoms with Gasteiger partial charge in [0.2, 0.25) is 0 Å². The lowest BCUT2D eigenvalue weighted by atomic mass is 9.93. The van der Waals surface area contributed by atoms with Crippen LogP contribution in [0.1, 0.15) is 26.7 Å². The van der Waals surface area contributed by atoms with Crippen LogP contribution in [0.5, 0.6) is 0 Å². The van der Waals surface area contributed by atoms with Gasteiger partial charge in [0.05, 0.1) is 0 Å². The van der Waals surface area contributed by atoms with E-state index < -0.39 is 5.54 Å². The summed E-state index contributed by atoms with van der Waals surface area (Å²) in [6.45, 7) is 3.78. The molecule has 0 spiro atoms. The van der Waals surface area contributed by atoms with Crippen LogP contribution in [-0.2, 0) is 4.79 Å². The first kappa shape index (κ1) is 9.98. The van der Waals surface area contributed by atoms with Gasteiger partial charge in [-0.15, -0.1) is 0 Å². The van der Waals surface area contributed by atoms with E-state index in [0.717, 1.165) is 5.01 Å². The van der Waals surface area contributed by atoms with E-state index in [9.17, 15) is 9.59 Å². The summed E-state index contributed by atoms with van der Waals surface area (Å²) in [6, 6.07) is -0.365. The molecule has 74 valence electrons. The van der Waals surface area contributed by atoms with Crippen molar-refractivity contribution in [1.29, 1.82) is 0 Å². The molecule has 0 aromatic carbocycles. The normalized spacial score (nSPS) is 20.7. The van der Waals surface area contributed by atoms with E-state index in [1.165, 1.54) is 0 Å². The van der Waals surface area contributed by atoms with Crippen molar-refractivity contribution in [2.24, 2.45) is 0 Å². The first-order valence-corrected chi connectivity index (χ1v) is 4.45. The average Bonchev–Trinajstić information content (AvgIpc) is 2.38. The lowest BCUT2D eigenvalue weighted by Gasteiger charge is -2.22. The topological polar surface area (TPSA) is 61.4 Å². The number of hydrazine groups is 1. The van der Waals surface area contributed by atoms with Gasteiger partial charge in [0.15, 0.2) is 0 Å². The van der Waals surface area contributed by atoms with Crippen molar-refractivity contribution in [3.05, 3.63) is 0 Å². The van der Waals surface area contributed by atoms with Gasteiger partial charge >= 0.3 is 6.03 Å². The number of carbonyl (C=O) groups is 2. The molecule has 3 amide bonds. The van der Waals surface area contributed by atoms with Crippen LogP contribution in [0.2, 0.25) is 0 Å². The third-order valence-electron chi connectivity index (χ3n) is 2.59. The highest BCUT2D eigenvalue weighted by atomic mass is 16.2. The van der Waals surface area contributed by atoms with Crippen molar-refractivity contribution in [1.82, 2.24) is 15.8 Å². The summed E-state index contributed by atoms with van der Waals surface area (Å²) >= 11 is 0. The van der Waals surface area contributed by atoms with Gasteiger partial charge in [-0.1, -0.05) is 13.8 Å². The zero-order valence-corrected chi connectivity index (χ0v) is 8.18. The molecule has 0 unspecified atom stereocenters. The maximum atomic E-state index is 11.7. The van der Waals surface area contributed by atoms with Crippen molar-refractivity contribution >= 4 is 11.9 Å². The SMILES string of the molecule is CCC1(CC)NC(=O)N(NC)C1=O. The maximum Gasteiger partial charge on any atom is 0.339 e. The van der Waals surface area contributed by atoms with Gasteiger partial charge in [-0.3, -0.25) is 4.79 Å². The fraction of sp³-hybridized carbons (Fsp3) is 0.750. The van der Waals surface area contributed by atoms with Crippen molar-refractivity contribution in [2.75, 3.05) is 7.05 Å². The summed E-state index contributed by atoms with van der Waals surface area (Å²) < 4.78 is 0. The second-order valence-corrected chi connectivity index (χ2v) is 3.08. The Labute approximate surface area is 77.4 Å². The van der Waals surface area contributed by atoms with Crippen LogP contribution < -0.4 is 10.7 Å². The summed E-state index contributed by atoms with van der Waals surface area (Å²) in [6.07, 6.45) is 1.23. The molecule has 0 aromatic heterocycles. The summed E-state index contributed by atoms with van der Waals surface area (Å²) in [5, 5.41) is 3.71.